The van der Waals surface area contributed by atoms with Crippen LogP contribution in [0, 0.1) is 11.3 Å². The highest BCUT2D eigenvalue weighted by molar-refractivity contribution is 5.91. The molecule has 0 spiro atoms. The van der Waals surface area contributed by atoms with Gasteiger partial charge in [0.05, 0.1) is 12.1 Å². The van der Waals surface area contributed by atoms with Crippen molar-refractivity contribution in [1.29, 1.82) is 0 Å². The second-order valence-electron chi connectivity index (χ2n) is 9.78. The predicted molar refractivity (Wildman–Crippen MR) is 119 cm³/mol. The zero-order valence-electron chi connectivity index (χ0n) is 20.0. The molecule has 0 radical (unpaired) electrons. The molecule has 0 aromatic carbocycles. The summed E-state index contributed by atoms with van der Waals surface area (Å²) in [5, 5.41) is 12.3. The first-order chi connectivity index (χ1) is 13.8. The van der Waals surface area contributed by atoms with Gasteiger partial charge in [0.15, 0.2) is 0 Å². The minimum absolute atomic E-state index is 0.0778. The number of likely N-dealkylation sites (N-methyl/N-ethyl adjacent to an activating group) is 2. The number of likely N-dealkylation sites (tertiary alicyclic amines) is 1. The number of aliphatic carboxylic acids is 1. The third-order valence-electron chi connectivity index (χ3n) is 6.25. The Morgan fingerprint density at radius 2 is 1.87 bits per heavy atom. The normalized spacial score (nSPS) is 21.5. The van der Waals surface area contributed by atoms with Crippen LogP contribution in [0.25, 0.3) is 0 Å². The van der Waals surface area contributed by atoms with E-state index in [0.717, 1.165) is 32.2 Å². The Hall–Kier alpha value is -1.89. The molecule has 1 rings (SSSR count). The van der Waals surface area contributed by atoms with Gasteiger partial charge in [-0.25, -0.2) is 4.79 Å². The number of carbonyl (C=O) groups excluding carboxylic acids is 2. The van der Waals surface area contributed by atoms with Crippen LogP contribution < -0.4 is 5.32 Å². The molecule has 1 aliphatic rings. The molecule has 1 heterocycles. The van der Waals surface area contributed by atoms with Crippen LogP contribution in [0.3, 0.4) is 0 Å². The lowest BCUT2D eigenvalue weighted by molar-refractivity contribution is -0.141. The molecule has 7 heteroatoms. The molecule has 30 heavy (non-hydrogen) atoms. The average Bonchev–Trinajstić information content (AvgIpc) is 2.67. The van der Waals surface area contributed by atoms with Gasteiger partial charge in [-0.2, -0.15) is 0 Å². The summed E-state index contributed by atoms with van der Waals surface area (Å²) in [6, 6.07) is -1.28. The summed E-state index contributed by atoms with van der Waals surface area (Å²) in [5.41, 5.74) is -0.278. The van der Waals surface area contributed by atoms with Crippen molar-refractivity contribution in [1.82, 2.24) is 15.1 Å². The van der Waals surface area contributed by atoms with Gasteiger partial charge in [-0.05, 0) is 44.7 Å². The van der Waals surface area contributed by atoms with E-state index >= 15 is 0 Å². The molecule has 172 valence electrons. The minimum atomic E-state index is -0.995. The van der Waals surface area contributed by atoms with Gasteiger partial charge in [0.2, 0.25) is 11.8 Å². The molecule has 0 saturated carbocycles. The van der Waals surface area contributed by atoms with E-state index in [4.69, 9.17) is 0 Å². The summed E-state index contributed by atoms with van der Waals surface area (Å²) in [6.07, 6.45) is 5.32. The molecule has 0 aromatic heterocycles. The van der Waals surface area contributed by atoms with Gasteiger partial charge in [-0.3, -0.25) is 14.5 Å². The number of amides is 2. The summed E-state index contributed by atoms with van der Waals surface area (Å²) in [4.78, 5) is 41.5. The van der Waals surface area contributed by atoms with Crippen molar-refractivity contribution in [3.05, 3.63) is 11.6 Å². The van der Waals surface area contributed by atoms with Crippen molar-refractivity contribution in [3.8, 4) is 0 Å². The van der Waals surface area contributed by atoms with E-state index in [2.05, 4.69) is 5.32 Å². The van der Waals surface area contributed by atoms with Gasteiger partial charge in [0, 0.05) is 12.6 Å². The molecule has 0 bridgehead atoms. The highest BCUT2D eigenvalue weighted by Crippen LogP contribution is 2.25. The summed E-state index contributed by atoms with van der Waals surface area (Å²) in [5.74, 6) is -1.23. The van der Waals surface area contributed by atoms with Crippen LogP contribution in [0.1, 0.15) is 67.2 Å². The number of piperidine rings is 1. The fourth-order valence-corrected chi connectivity index (χ4v) is 3.87. The second-order valence-corrected chi connectivity index (χ2v) is 9.78. The van der Waals surface area contributed by atoms with E-state index in [-0.39, 0.29) is 35.4 Å². The van der Waals surface area contributed by atoms with E-state index < -0.39 is 17.4 Å². The van der Waals surface area contributed by atoms with E-state index in [0.29, 0.717) is 0 Å². The molecule has 4 atom stereocenters. The Kier molecular flexibility index (Phi) is 9.53. The first kappa shape index (κ1) is 26.1. The van der Waals surface area contributed by atoms with Gasteiger partial charge in [-0.1, -0.05) is 53.5 Å². The molecule has 2 N–H and O–H groups in total. The maximum atomic E-state index is 13.5. The zero-order chi connectivity index (χ0) is 23.2. The van der Waals surface area contributed by atoms with E-state index in [1.54, 1.807) is 18.0 Å². The average molecular weight is 424 g/mol. The van der Waals surface area contributed by atoms with Crippen LogP contribution in [0.5, 0.6) is 0 Å². The van der Waals surface area contributed by atoms with Crippen molar-refractivity contribution >= 4 is 17.8 Å². The number of carboxylic acids is 1. The number of hydrogen-bond donors (Lipinski definition) is 2. The number of nitrogens with one attached hydrogen (secondary N) is 1. The fraction of sp³-hybridized carbons (Fsp3) is 0.783. The Morgan fingerprint density at radius 1 is 1.27 bits per heavy atom. The third kappa shape index (κ3) is 6.83. The van der Waals surface area contributed by atoms with Gasteiger partial charge >= 0.3 is 5.97 Å². The number of nitrogens with zero attached hydrogens (tertiary/aromatic N) is 2. The minimum Gasteiger partial charge on any atom is -0.478 e. The molecule has 1 fully saturated rings. The molecule has 2 amide bonds. The van der Waals surface area contributed by atoms with Gasteiger partial charge < -0.3 is 15.3 Å². The van der Waals surface area contributed by atoms with Crippen LogP contribution in [0.15, 0.2) is 11.6 Å². The van der Waals surface area contributed by atoms with Crippen molar-refractivity contribution < 1.29 is 19.5 Å². The monoisotopic (exact) mass is 423 g/mol. The molecule has 1 unspecified atom stereocenters. The van der Waals surface area contributed by atoms with Crippen molar-refractivity contribution in [2.45, 2.75) is 85.4 Å². The Balaban J connectivity index is 3.14. The molecule has 7 nitrogen and oxygen atoms in total. The summed E-state index contributed by atoms with van der Waals surface area (Å²) in [7, 11) is 3.64. The standard InChI is InChI=1S/C23H41N3O4/c1-9-15(2)18(14-16(3)22(29)30)26(8)21(28)19(23(4,5)6)24-20(27)17-12-10-11-13-25(17)7/h14-15,17-19H,9-13H2,1-8H3,(H,24,27)(H,29,30)/b16-14+/t15?,17-,18-,19-/m1/s1. The molecular formula is C23H41N3O4. The lowest BCUT2D eigenvalue weighted by Crippen LogP contribution is -2.59. The largest absolute Gasteiger partial charge is 0.478 e. The first-order valence-corrected chi connectivity index (χ1v) is 11.0. The summed E-state index contributed by atoms with van der Waals surface area (Å²) >= 11 is 0. The van der Waals surface area contributed by atoms with Gasteiger partial charge in [0.25, 0.3) is 0 Å². The smallest absolute Gasteiger partial charge is 0.331 e. The van der Waals surface area contributed by atoms with Gasteiger partial charge in [-0.15, -0.1) is 0 Å². The van der Waals surface area contributed by atoms with Crippen molar-refractivity contribution in [3.63, 3.8) is 0 Å². The molecule has 1 aliphatic heterocycles. The van der Waals surface area contributed by atoms with Crippen LogP contribution in [-0.2, 0) is 14.4 Å². The maximum Gasteiger partial charge on any atom is 0.331 e. The predicted octanol–water partition coefficient (Wildman–Crippen LogP) is 2.91. The molecule has 1 saturated heterocycles. The van der Waals surface area contributed by atoms with E-state index in [1.165, 1.54) is 6.92 Å². The van der Waals surface area contributed by atoms with Crippen LogP contribution in [0.2, 0.25) is 0 Å². The third-order valence-corrected chi connectivity index (χ3v) is 6.25. The lowest BCUT2D eigenvalue weighted by atomic mass is 9.84. The number of carbonyl (C=O) groups is 3. The Morgan fingerprint density at radius 3 is 2.33 bits per heavy atom. The lowest BCUT2D eigenvalue weighted by Gasteiger charge is -2.39. The highest BCUT2D eigenvalue weighted by Gasteiger charge is 2.39. The van der Waals surface area contributed by atoms with E-state index in [9.17, 15) is 19.5 Å². The second kappa shape index (κ2) is 10.9. The Labute approximate surface area is 181 Å². The van der Waals surface area contributed by atoms with Crippen LogP contribution in [0.4, 0.5) is 0 Å². The molecular weight excluding hydrogens is 382 g/mol. The van der Waals surface area contributed by atoms with Crippen LogP contribution >= 0.6 is 0 Å². The van der Waals surface area contributed by atoms with Gasteiger partial charge in [0.1, 0.15) is 6.04 Å². The maximum absolute atomic E-state index is 13.5. The highest BCUT2D eigenvalue weighted by atomic mass is 16.4. The SMILES string of the molecule is CCC(C)[C@@H](/C=C(\C)C(=O)O)N(C)C(=O)[C@@H](NC(=O)[C@H]1CCCCN1C)C(C)(C)C. The summed E-state index contributed by atoms with van der Waals surface area (Å²) in [6.45, 7) is 12.2. The van der Waals surface area contributed by atoms with E-state index in [1.807, 2.05) is 46.6 Å². The molecule has 0 aliphatic carbocycles. The fourth-order valence-electron chi connectivity index (χ4n) is 3.87. The number of rotatable bonds is 8. The summed E-state index contributed by atoms with van der Waals surface area (Å²) < 4.78 is 0. The number of carboxylic acid groups (broad SMARTS) is 1. The molecule has 0 aromatic rings. The zero-order valence-corrected chi connectivity index (χ0v) is 20.0. The topological polar surface area (TPSA) is 90.0 Å². The van der Waals surface area contributed by atoms with Crippen molar-refractivity contribution in [2.24, 2.45) is 11.3 Å². The van der Waals surface area contributed by atoms with Crippen molar-refractivity contribution in [2.75, 3.05) is 20.6 Å². The quantitative estimate of drug-likeness (QED) is 0.586. The first-order valence-electron chi connectivity index (χ1n) is 11.0. The van der Waals surface area contributed by atoms with Crippen LogP contribution in [-0.4, -0.2) is 71.5 Å². The number of hydrogen-bond acceptors (Lipinski definition) is 4. The Bertz CT molecular complexity index is 653.